The maximum Gasteiger partial charge on any atom is 0.187 e. The van der Waals surface area contributed by atoms with Gasteiger partial charge in [-0.15, -0.1) is 0 Å². The summed E-state index contributed by atoms with van der Waals surface area (Å²) in [5.74, 6) is -0.0522. The molecule has 1 unspecified atom stereocenters. The summed E-state index contributed by atoms with van der Waals surface area (Å²) in [6, 6.07) is 2.14. The van der Waals surface area contributed by atoms with E-state index in [-0.39, 0.29) is 18.2 Å². The summed E-state index contributed by atoms with van der Waals surface area (Å²) in [6.07, 6.45) is 10.5. The van der Waals surface area contributed by atoms with E-state index in [2.05, 4.69) is 19.9 Å². The lowest BCUT2D eigenvalue weighted by Crippen LogP contribution is -2.43. The van der Waals surface area contributed by atoms with Crippen LogP contribution < -0.4 is 10.6 Å². The van der Waals surface area contributed by atoms with Crippen molar-refractivity contribution in [3.63, 3.8) is 0 Å². The molecule has 2 aromatic rings. The molecule has 2 N–H and O–H groups in total. The first-order chi connectivity index (χ1) is 10.7. The Bertz CT molecular complexity index is 646. The Morgan fingerprint density at radius 1 is 1.27 bits per heavy atom. The lowest BCUT2D eigenvalue weighted by atomic mass is 10.0. The zero-order valence-electron chi connectivity index (χ0n) is 12.4. The number of Topliss-reactive ketones (excluding diaryl/α,β-unsaturated/α-hetero) is 1. The van der Waals surface area contributed by atoms with Crippen molar-refractivity contribution in [3.05, 3.63) is 48.3 Å². The number of rotatable bonds is 4. The highest BCUT2D eigenvalue weighted by atomic mass is 16.1. The number of ketones is 1. The SMILES string of the molecule is NC1CCCN(c2ccncc2CC(=O)c2cnccn2)C1. The highest BCUT2D eigenvalue weighted by molar-refractivity contribution is 5.96. The molecule has 1 atom stereocenters. The number of piperidine rings is 1. The van der Waals surface area contributed by atoms with Gasteiger partial charge in [-0.05, 0) is 18.9 Å². The molecule has 1 aliphatic rings. The standard InChI is InChI=1S/C16H19N5O/c17-13-2-1-7-21(11-13)15-3-4-18-9-12(15)8-16(22)14-10-19-5-6-20-14/h3-6,9-10,13H,1-2,7-8,11,17H2. The number of nitrogens with two attached hydrogens (primary N) is 1. The van der Waals surface area contributed by atoms with Gasteiger partial charge < -0.3 is 10.6 Å². The van der Waals surface area contributed by atoms with E-state index in [4.69, 9.17) is 5.73 Å². The zero-order valence-corrected chi connectivity index (χ0v) is 12.4. The van der Waals surface area contributed by atoms with Crippen LogP contribution in [-0.4, -0.2) is 39.9 Å². The van der Waals surface area contributed by atoms with E-state index in [9.17, 15) is 4.79 Å². The maximum absolute atomic E-state index is 12.3. The number of carbonyl (C=O) groups is 1. The van der Waals surface area contributed by atoms with Crippen LogP contribution in [0.1, 0.15) is 28.9 Å². The zero-order chi connectivity index (χ0) is 15.4. The van der Waals surface area contributed by atoms with Gasteiger partial charge in [0.1, 0.15) is 5.69 Å². The Hall–Kier alpha value is -2.34. The number of anilines is 1. The minimum absolute atomic E-state index is 0.0522. The summed E-state index contributed by atoms with van der Waals surface area (Å²) in [7, 11) is 0. The van der Waals surface area contributed by atoms with Crippen LogP contribution in [0.25, 0.3) is 0 Å². The van der Waals surface area contributed by atoms with Crippen LogP contribution in [-0.2, 0) is 6.42 Å². The molecule has 0 aromatic carbocycles. The largest absolute Gasteiger partial charge is 0.370 e. The first-order valence-corrected chi connectivity index (χ1v) is 7.46. The summed E-state index contributed by atoms with van der Waals surface area (Å²) in [6.45, 7) is 1.78. The first-order valence-electron chi connectivity index (χ1n) is 7.46. The normalized spacial score (nSPS) is 18.2. The molecule has 3 rings (SSSR count). The second-order valence-corrected chi connectivity index (χ2v) is 5.54. The molecule has 1 aliphatic heterocycles. The number of hydrogen-bond acceptors (Lipinski definition) is 6. The molecule has 1 fully saturated rings. The summed E-state index contributed by atoms with van der Waals surface area (Å²) in [5.41, 5.74) is 8.40. The summed E-state index contributed by atoms with van der Waals surface area (Å²) < 4.78 is 0. The van der Waals surface area contributed by atoms with Gasteiger partial charge in [-0.25, -0.2) is 4.98 Å². The maximum atomic E-state index is 12.3. The fraction of sp³-hybridized carbons (Fsp3) is 0.375. The summed E-state index contributed by atoms with van der Waals surface area (Å²) in [4.78, 5) is 26.8. The number of carbonyl (C=O) groups excluding carboxylic acids is 1. The van der Waals surface area contributed by atoms with Crippen LogP contribution in [0.2, 0.25) is 0 Å². The van der Waals surface area contributed by atoms with E-state index in [1.807, 2.05) is 6.07 Å². The molecule has 3 heterocycles. The van der Waals surface area contributed by atoms with E-state index in [0.29, 0.717) is 5.69 Å². The molecule has 2 aromatic heterocycles. The van der Waals surface area contributed by atoms with Crippen LogP contribution in [0.3, 0.4) is 0 Å². The van der Waals surface area contributed by atoms with Crippen LogP contribution in [0.15, 0.2) is 37.1 Å². The minimum Gasteiger partial charge on any atom is -0.370 e. The van der Waals surface area contributed by atoms with Crippen molar-refractivity contribution in [2.75, 3.05) is 18.0 Å². The molecular weight excluding hydrogens is 278 g/mol. The topological polar surface area (TPSA) is 85.0 Å². The van der Waals surface area contributed by atoms with Crippen LogP contribution in [0, 0.1) is 0 Å². The van der Waals surface area contributed by atoms with E-state index >= 15 is 0 Å². The number of pyridine rings is 1. The predicted octanol–water partition coefficient (Wildman–Crippen LogP) is 1.22. The highest BCUT2D eigenvalue weighted by Crippen LogP contribution is 2.24. The van der Waals surface area contributed by atoms with Crippen molar-refractivity contribution >= 4 is 11.5 Å². The molecule has 6 heteroatoms. The third kappa shape index (κ3) is 3.28. The average molecular weight is 297 g/mol. The van der Waals surface area contributed by atoms with Gasteiger partial charge in [0, 0.05) is 61.6 Å². The summed E-state index contributed by atoms with van der Waals surface area (Å²) >= 11 is 0. The molecule has 6 nitrogen and oxygen atoms in total. The van der Waals surface area contributed by atoms with Crippen molar-refractivity contribution in [2.24, 2.45) is 5.73 Å². The van der Waals surface area contributed by atoms with Crippen molar-refractivity contribution in [1.29, 1.82) is 0 Å². The second-order valence-electron chi connectivity index (χ2n) is 5.54. The number of hydrogen-bond donors (Lipinski definition) is 1. The van der Waals surface area contributed by atoms with E-state index in [1.165, 1.54) is 12.4 Å². The lowest BCUT2D eigenvalue weighted by Gasteiger charge is -2.33. The molecule has 1 saturated heterocycles. The molecular formula is C16H19N5O. The second kappa shape index (κ2) is 6.62. The monoisotopic (exact) mass is 297 g/mol. The van der Waals surface area contributed by atoms with E-state index in [1.54, 1.807) is 18.6 Å². The van der Waals surface area contributed by atoms with Crippen LogP contribution >= 0.6 is 0 Å². The van der Waals surface area contributed by atoms with Gasteiger partial charge in [0.05, 0.1) is 6.20 Å². The minimum atomic E-state index is -0.0522. The van der Waals surface area contributed by atoms with Gasteiger partial charge in [0.15, 0.2) is 5.78 Å². The number of nitrogens with zero attached hydrogens (tertiary/aromatic N) is 4. The molecule has 0 spiro atoms. The smallest absolute Gasteiger partial charge is 0.187 e. The first kappa shape index (κ1) is 14.6. The molecule has 0 aliphatic carbocycles. The Balaban J connectivity index is 1.81. The van der Waals surface area contributed by atoms with E-state index in [0.717, 1.165) is 37.2 Å². The third-order valence-corrected chi connectivity index (χ3v) is 3.88. The highest BCUT2D eigenvalue weighted by Gasteiger charge is 2.20. The average Bonchev–Trinajstić information content (AvgIpc) is 2.56. The summed E-state index contributed by atoms with van der Waals surface area (Å²) in [5, 5.41) is 0. The molecule has 0 bridgehead atoms. The van der Waals surface area contributed by atoms with Crippen molar-refractivity contribution in [2.45, 2.75) is 25.3 Å². The third-order valence-electron chi connectivity index (χ3n) is 3.88. The number of aromatic nitrogens is 3. The Morgan fingerprint density at radius 2 is 2.14 bits per heavy atom. The van der Waals surface area contributed by atoms with Crippen LogP contribution in [0.5, 0.6) is 0 Å². The molecule has 22 heavy (non-hydrogen) atoms. The molecule has 0 amide bonds. The molecule has 0 radical (unpaired) electrons. The Morgan fingerprint density at radius 3 is 2.91 bits per heavy atom. The lowest BCUT2D eigenvalue weighted by molar-refractivity contribution is 0.0988. The Labute approximate surface area is 129 Å². The van der Waals surface area contributed by atoms with Gasteiger partial charge >= 0.3 is 0 Å². The predicted molar refractivity (Wildman–Crippen MR) is 83.7 cm³/mol. The van der Waals surface area contributed by atoms with Gasteiger partial charge in [-0.2, -0.15) is 0 Å². The fourth-order valence-corrected chi connectivity index (χ4v) is 2.80. The Kier molecular flexibility index (Phi) is 4.39. The van der Waals surface area contributed by atoms with Crippen LogP contribution in [0.4, 0.5) is 5.69 Å². The van der Waals surface area contributed by atoms with E-state index < -0.39 is 0 Å². The van der Waals surface area contributed by atoms with Gasteiger partial charge in [0.25, 0.3) is 0 Å². The van der Waals surface area contributed by atoms with Gasteiger partial charge in [-0.1, -0.05) is 0 Å². The quantitative estimate of drug-likeness (QED) is 0.854. The van der Waals surface area contributed by atoms with Gasteiger partial charge in [-0.3, -0.25) is 14.8 Å². The fourth-order valence-electron chi connectivity index (χ4n) is 2.80. The van der Waals surface area contributed by atoms with Crippen molar-refractivity contribution in [3.8, 4) is 0 Å². The molecule has 114 valence electrons. The molecule has 0 saturated carbocycles. The van der Waals surface area contributed by atoms with Crippen molar-refractivity contribution < 1.29 is 4.79 Å². The van der Waals surface area contributed by atoms with Gasteiger partial charge in [0.2, 0.25) is 0 Å². The van der Waals surface area contributed by atoms with Crippen molar-refractivity contribution in [1.82, 2.24) is 15.0 Å².